The number of nitrogens with zero attached hydrogens (tertiary/aromatic N) is 3. The minimum Gasteiger partial charge on any atom is -0.226 e. The van der Waals surface area contributed by atoms with Crippen LogP contribution in [0, 0.1) is 13.8 Å². The highest BCUT2D eigenvalue weighted by Crippen LogP contribution is 2.41. The lowest BCUT2D eigenvalue weighted by atomic mass is 10.0. The van der Waals surface area contributed by atoms with Gasteiger partial charge in [0.2, 0.25) is 5.13 Å². The van der Waals surface area contributed by atoms with E-state index in [4.69, 9.17) is 0 Å². The van der Waals surface area contributed by atoms with Crippen LogP contribution in [0.2, 0.25) is 0 Å². The summed E-state index contributed by atoms with van der Waals surface area (Å²) in [6.07, 6.45) is 1.74. The number of azo groups is 1. The van der Waals surface area contributed by atoms with Gasteiger partial charge in [-0.1, -0.05) is 32.0 Å². The second-order valence-electron chi connectivity index (χ2n) is 5.83. The molecule has 4 heteroatoms. The molecular formula is C18H19N3S. The molecule has 22 heavy (non-hydrogen) atoms. The van der Waals surface area contributed by atoms with Crippen LogP contribution in [-0.4, -0.2) is 4.98 Å². The van der Waals surface area contributed by atoms with Gasteiger partial charge in [0.25, 0.3) is 0 Å². The molecule has 1 aromatic heterocycles. The van der Waals surface area contributed by atoms with E-state index in [-0.39, 0.29) is 0 Å². The second-order valence-corrected chi connectivity index (χ2v) is 6.70. The van der Waals surface area contributed by atoms with E-state index in [1.807, 2.05) is 5.38 Å². The minimum atomic E-state index is 0.504. The highest BCUT2D eigenvalue weighted by Gasteiger charge is 2.16. The largest absolute Gasteiger partial charge is 0.229 e. The van der Waals surface area contributed by atoms with Gasteiger partial charge in [0, 0.05) is 17.1 Å². The van der Waals surface area contributed by atoms with E-state index >= 15 is 0 Å². The fraction of sp³-hybridized carbons (Fsp3) is 0.278. The molecule has 0 unspecified atom stereocenters. The summed E-state index contributed by atoms with van der Waals surface area (Å²) >= 11 is 1.49. The number of aryl methyl sites for hydroxylation is 2. The Kier molecular flexibility index (Phi) is 4.03. The van der Waals surface area contributed by atoms with Crippen molar-refractivity contribution in [3.8, 4) is 11.1 Å². The van der Waals surface area contributed by atoms with Crippen LogP contribution < -0.4 is 0 Å². The standard InChI is InChI=1S/C18H19N3S/c1-11(2)14-6-5-12(3)17-15(10-14)13(4)9-16(17)20-21-18-19-7-8-22-18/h5-11H,1-4H3. The Morgan fingerprint density at radius 1 is 1.05 bits per heavy atom. The molecule has 0 saturated carbocycles. The number of hydrogen-bond donors (Lipinski definition) is 0. The van der Waals surface area contributed by atoms with Gasteiger partial charge >= 0.3 is 0 Å². The first-order valence-corrected chi connectivity index (χ1v) is 8.29. The van der Waals surface area contributed by atoms with E-state index in [0.717, 1.165) is 5.69 Å². The monoisotopic (exact) mass is 309 g/mol. The Balaban J connectivity index is 2.12. The Bertz CT molecular complexity index is 789. The number of thiazole rings is 1. The molecule has 2 aliphatic rings. The van der Waals surface area contributed by atoms with E-state index < -0.39 is 0 Å². The van der Waals surface area contributed by atoms with Crippen LogP contribution in [0.15, 0.2) is 46.1 Å². The van der Waals surface area contributed by atoms with E-state index in [0.29, 0.717) is 11.0 Å². The highest BCUT2D eigenvalue weighted by atomic mass is 32.1. The fourth-order valence-electron chi connectivity index (χ4n) is 2.61. The SMILES string of the molecule is Cc1cc(N=Nc2nccs2)c2c(C)ccc(C(C)C)cc1-2. The summed E-state index contributed by atoms with van der Waals surface area (Å²) in [4.78, 5) is 4.15. The Labute approximate surface area is 135 Å². The predicted octanol–water partition coefficient (Wildman–Crippen LogP) is 6.40. The number of rotatable bonds is 3. The van der Waals surface area contributed by atoms with E-state index in [1.54, 1.807) is 6.20 Å². The van der Waals surface area contributed by atoms with Gasteiger partial charge in [0.15, 0.2) is 0 Å². The lowest BCUT2D eigenvalue weighted by Gasteiger charge is -2.03. The summed E-state index contributed by atoms with van der Waals surface area (Å²) in [5.74, 6) is 0.504. The molecule has 3 nitrogen and oxygen atoms in total. The van der Waals surface area contributed by atoms with E-state index in [1.165, 1.54) is 39.2 Å². The van der Waals surface area contributed by atoms with Crippen molar-refractivity contribution in [2.75, 3.05) is 0 Å². The van der Waals surface area contributed by atoms with Crippen LogP contribution in [0.4, 0.5) is 10.8 Å². The first-order valence-electron chi connectivity index (χ1n) is 7.41. The third-order valence-corrected chi connectivity index (χ3v) is 4.52. The zero-order chi connectivity index (χ0) is 15.7. The summed E-state index contributed by atoms with van der Waals surface area (Å²) in [5.41, 5.74) is 7.18. The molecule has 0 radical (unpaired) electrons. The Morgan fingerprint density at radius 3 is 2.55 bits per heavy atom. The Morgan fingerprint density at radius 2 is 1.86 bits per heavy atom. The first kappa shape index (κ1) is 14.9. The molecule has 0 atom stereocenters. The van der Waals surface area contributed by atoms with Crippen LogP contribution in [0.5, 0.6) is 0 Å². The molecule has 0 N–H and O–H groups in total. The third-order valence-electron chi connectivity index (χ3n) is 3.86. The molecule has 2 aliphatic carbocycles. The van der Waals surface area contributed by atoms with Gasteiger partial charge in [-0.15, -0.1) is 21.6 Å². The normalized spacial score (nSPS) is 11.9. The molecule has 1 heterocycles. The summed E-state index contributed by atoms with van der Waals surface area (Å²) in [7, 11) is 0. The van der Waals surface area contributed by atoms with Crippen molar-refractivity contribution in [2.24, 2.45) is 10.2 Å². The number of hydrogen-bond acceptors (Lipinski definition) is 4. The summed E-state index contributed by atoms with van der Waals surface area (Å²) in [6.45, 7) is 8.71. The second kappa shape index (κ2) is 5.97. The van der Waals surface area contributed by atoms with Gasteiger partial charge in [-0.25, -0.2) is 4.98 Å². The maximum atomic E-state index is 4.43. The zero-order valence-electron chi connectivity index (χ0n) is 13.3. The van der Waals surface area contributed by atoms with Gasteiger partial charge in [0.1, 0.15) is 0 Å². The van der Waals surface area contributed by atoms with Crippen molar-refractivity contribution in [3.05, 3.63) is 52.5 Å². The highest BCUT2D eigenvalue weighted by molar-refractivity contribution is 7.13. The molecule has 0 amide bonds. The van der Waals surface area contributed by atoms with E-state index in [2.05, 4.69) is 67.2 Å². The molecule has 0 aromatic carbocycles. The smallest absolute Gasteiger partial charge is 0.226 e. The predicted molar refractivity (Wildman–Crippen MR) is 92.9 cm³/mol. The van der Waals surface area contributed by atoms with Crippen LogP contribution in [0.3, 0.4) is 0 Å². The molecule has 0 saturated heterocycles. The topological polar surface area (TPSA) is 37.6 Å². The molecule has 0 fully saturated rings. The summed E-state index contributed by atoms with van der Waals surface area (Å²) < 4.78 is 0. The van der Waals surface area contributed by atoms with Gasteiger partial charge < -0.3 is 0 Å². The molecule has 3 rings (SSSR count). The van der Waals surface area contributed by atoms with E-state index in [9.17, 15) is 0 Å². The zero-order valence-corrected chi connectivity index (χ0v) is 14.1. The number of fused-ring (bicyclic) bond motifs is 1. The Hall–Kier alpha value is -2.07. The molecule has 0 spiro atoms. The molecule has 1 aromatic rings. The average Bonchev–Trinajstić information content (AvgIpc) is 3.04. The minimum absolute atomic E-state index is 0.504. The van der Waals surface area contributed by atoms with Crippen molar-refractivity contribution >= 4 is 22.2 Å². The van der Waals surface area contributed by atoms with Crippen molar-refractivity contribution in [2.45, 2.75) is 33.6 Å². The summed E-state index contributed by atoms with van der Waals surface area (Å²) in [5, 5.41) is 11.3. The molecule has 0 bridgehead atoms. The molecule has 112 valence electrons. The van der Waals surface area contributed by atoms with Crippen LogP contribution >= 0.6 is 11.3 Å². The molecular weight excluding hydrogens is 290 g/mol. The van der Waals surface area contributed by atoms with Crippen molar-refractivity contribution in [1.82, 2.24) is 4.98 Å². The lowest BCUT2D eigenvalue weighted by Crippen LogP contribution is -1.83. The van der Waals surface area contributed by atoms with Crippen LogP contribution in [-0.2, 0) is 0 Å². The van der Waals surface area contributed by atoms with Crippen LogP contribution in [0.1, 0.15) is 36.5 Å². The van der Waals surface area contributed by atoms with Crippen molar-refractivity contribution in [1.29, 1.82) is 0 Å². The maximum Gasteiger partial charge on any atom is 0.229 e. The number of aromatic nitrogens is 1. The van der Waals surface area contributed by atoms with Gasteiger partial charge in [0.05, 0.1) is 5.69 Å². The van der Waals surface area contributed by atoms with Crippen molar-refractivity contribution < 1.29 is 0 Å². The van der Waals surface area contributed by atoms with Crippen molar-refractivity contribution in [3.63, 3.8) is 0 Å². The first-order chi connectivity index (χ1) is 10.6. The van der Waals surface area contributed by atoms with Gasteiger partial charge in [-0.2, -0.15) is 0 Å². The third kappa shape index (κ3) is 2.79. The van der Waals surface area contributed by atoms with Crippen LogP contribution in [0.25, 0.3) is 11.1 Å². The quantitative estimate of drug-likeness (QED) is 0.515. The van der Waals surface area contributed by atoms with Gasteiger partial charge in [-0.3, -0.25) is 0 Å². The van der Waals surface area contributed by atoms with Gasteiger partial charge in [-0.05, 0) is 48.1 Å². The molecule has 0 aliphatic heterocycles. The summed E-state index contributed by atoms with van der Waals surface area (Å²) in [6, 6.07) is 8.78. The lowest BCUT2D eigenvalue weighted by molar-refractivity contribution is 0.868. The average molecular weight is 309 g/mol. The maximum absolute atomic E-state index is 4.43. The fourth-order valence-corrected chi connectivity index (χ4v) is 3.06.